The summed E-state index contributed by atoms with van der Waals surface area (Å²) >= 11 is 0. The van der Waals surface area contributed by atoms with Gasteiger partial charge in [0.05, 0.1) is 0 Å². The molecule has 0 aliphatic carbocycles. The van der Waals surface area contributed by atoms with Crippen LogP contribution in [0, 0.1) is 5.92 Å². The molecule has 3 heteroatoms. The summed E-state index contributed by atoms with van der Waals surface area (Å²) in [5, 5.41) is 3.78. The molecule has 3 rings (SSSR count). The zero-order valence-electron chi connectivity index (χ0n) is 11.8. The maximum Gasteiger partial charge on any atom is 0.0224 e. The molecule has 0 saturated carbocycles. The Labute approximate surface area is 107 Å². The Balaban J connectivity index is 1.59. The average molecular weight is 239 g/mol. The van der Waals surface area contributed by atoms with E-state index in [0.29, 0.717) is 6.04 Å². The van der Waals surface area contributed by atoms with Crippen LogP contribution >= 0.6 is 0 Å². The van der Waals surface area contributed by atoms with Gasteiger partial charge in [-0.3, -0.25) is 0 Å². The van der Waals surface area contributed by atoms with E-state index in [1.54, 1.807) is 0 Å². The van der Waals surface area contributed by atoms with Crippen LogP contribution in [-0.4, -0.2) is 61.7 Å². The smallest absolute Gasteiger partial charge is 0.0224 e. The van der Waals surface area contributed by atoms with E-state index in [9.17, 15) is 0 Å². The summed E-state index contributed by atoms with van der Waals surface area (Å²) in [4.78, 5) is 5.05. The molecule has 17 heavy (non-hydrogen) atoms. The van der Waals surface area contributed by atoms with Crippen molar-refractivity contribution in [3.05, 3.63) is 0 Å². The van der Waals surface area contributed by atoms with Gasteiger partial charge in [0.2, 0.25) is 0 Å². The van der Waals surface area contributed by atoms with E-state index in [1.807, 2.05) is 0 Å². The fourth-order valence-corrected chi connectivity index (χ4v) is 3.07. The van der Waals surface area contributed by atoms with E-state index in [-0.39, 0.29) is 0 Å². The van der Waals surface area contributed by atoms with E-state index >= 15 is 0 Å². The monoisotopic (exact) mass is 239 g/mol. The Morgan fingerprint density at radius 3 is 2.53 bits per heavy atom. The van der Waals surface area contributed by atoms with E-state index in [0.717, 1.165) is 12.0 Å². The third-order valence-electron chi connectivity index (χ3n) is 4.63. The summed E-state index contributed by atoms with van der Waals surface area (Å²) in [5.74, 6) is 0.961. The van der Waals surface area contributed by atoms with Crippen molar-refractivity contribution in [3.63, 3.8) is 0 Å². The van der Waals surface area contributed by atoms with Crippen molar-refractivity contribution in [1.29, 1.82) is 0 Å². The summed E-state index contributed by atoms with van der Waals surface area (Å²) in [5.41, 5.74) is 0. The van der Waals surface area contributed by atoms with Crippen molar-refractivity contribution in [2.75, 3.05) is 39.8 Å². The summed E-state index contributed by atoms with van der Waals surface area (Å²) < 4.78 is 0. The van der Waals surface area contributed by atoms with Gasteiger partial charge in [0.25, 0.3) is 0 Å². The molecule has 0 aromatic rings. The summed E-state index contributed by atoms with van der Waals surface area (Å²) in [6.45, 7) is 10.9. The summed E-state index contributed by atoms with van der Waals surface area (Å²) in [7, 11) is 2.22. The van der Waals surface area contributed by atoms with Crippen LogP contribution in [0.1, 0.15) is 33.1 Å². The van der Waals surface area contributed by atoms with Crippen molar-refractivity contribution in [2.24, 2.45) is 5.92 Å². The van der Waals surface area contributed by atoms with E-state index < -0.39 is 0 Å². The van der Waals surface area contributed by atoms with Crippen molar-refractivity contribution >= 4 is 0 Å². The molecule has 1 atom stereocenters. The van der Waals surface area contributed by atoms with Crippen LogP contribution in [0.5, 0.6) is 0 Å². The Hall–Kier alpha value is -0.120. The number of nitrogens with zero attached hydrogens (tertiary/aromatic N) is 2. The third-order valence-corrected chi connectivity index (χ3v) is 4.63. The van der Waals surface area contributed by atoms with Gasteiger partial charge < -0.3 is 15.1 Å². The maximum atomic E-state index is 3.78. The molecule has 3 fully saturated rings. The lowest BCUT2D eigenvalue weighted by Crippen LogP contribution is -2.56. The standard InChI is InChI=1S/C14H29N3/c1-12(2)16(3)8-4-7-15-14-11-17-9-5-13(14)6-10-17/h12-15H,4-11H2,1-3H3. The van der Waals surface area contributed by atoms with E-state index in [4.69, 9.17) is 0 Å². The molecule has 3 aliphatic heterocycles. The summed E-state index contributed by atoms with van der Waals surface area (Å²) in [6, 6.07) is 1.45. The highest BCUT2D eigenvalue weighted by molar-refractivity contribution is 4.90. The first kappa shape index (κ1) is 13.3. The van der Waals surface area contributed by atoms with Gasteiger partial charge in [-0.05, 0) is 72.3 Å². The van der Waals surface area contributed by atoms with Crippen LogP contribution in [0.15, 0.2) is 0 Å². The minimum absolute atomic E-state index is 0.673. The van der Waals surface area contributed by atoms with Crippen LogP contribution in [-0.2, 0) is 0 Å². The predicted molar refractivity (Wildman–Crippen MR) is 73.3 cm³/mol. The van der Waals surface area contributed by atoms with Crippen LogP contribution < -0.4 is 5.32 Å². The van der Waals surface area contributed by atoms with Gasteiger partial charge in [-0.1, -0.05) is 0 Å². The Bertz CT molecular complexity index is 222. The molecule has 0 amide bonds. The van der Waals surface area contributed by atoms with Gasteiger partial charge in [-0.15, -0.1) is 0 Å². The van der Waals surface area contributed by atoms with Crippen LogP contribution in [0.25, 0.3) is 0 Å². The van der Waals surface area contributed by atoms with Crippen molar-refractivity contribution in [3.8, 4) is 0 Å². The highest BCUT2D eigenvalue weighted by Gasteiger charge is 2.33. The van der Waals surface area contributed by atoms with Crippen LogP contribution in [0.4, 0.5) is 0 Å². The van der Waals surface area contributed by atoms with Crippen molar-refractivity contribution in [1.82, 2.24) is 15.1 Å². The van der Waals surface area contributed by atoms with Gasteiger partial charge in [-0.2, -0.15) is 0 Å². The number of nitrogens with one attached hydrogen (secondary N) is 1. The Kier molecular flexibility index (Phi) is 4.83. The highest BCUT2D eigenvalue weighted by Crippen LogP contribution is 2.27. The van der Waals surface area contributed by atoms with Gasteiger partial charge in [0, 0.05) is 18.6 Å². The fourth-order valence-electron chi connectivity index (χ4n) is 3.07. The normalized spacial score (nSPS) is 32.6. The second-order valence-corrected chi connectivity index (χ2v) is 6.13. The third kappa shape index (κ3) is 3.67. The minimum atomic E-state index is 0.673. The maximum absolute atomic E-state index is 3.78. The summed E-state index contributed by atoms with van der Waals surface area (Å²) in [6.07, 6.45) is 4.12. The number of rotatable bonds is 6. The van der Waals surface area contributed by atoms with Crippen LogP contribution in [0.2, 0.25) is 0 Å². The number of hydrogen-bond donors (Lipinski definition) is 1. The first-order valence-corrected chi connectivity index (χ1v) is 7.33. The second-order valence-electron chi connectivity index (χ2n) is 6.13. The molecule has 1 unspecified atom stereocenters. The lowest BCUT2D eigenvalue weighted by atomic mass is 9.84. The van der Waals surface area contributed by atoms with Gasteiger partial charge in [0.1, 0.15) is 0 Å². The van der Waals surface area contributed by atoms with Gasteiger partial charge in [-0.25, -0.2) is 0 Å². The number of piperidine rings is 3. The predicted octanol–water partition coefficient (Wildman–Crippen LogP) is 1.40. The molecule has 1 N–H and O–H groups in total. The van der Waals surface area contributed by atoms with Crippen molar-refractivity contribution in [2.45, 2.75) is 45.2 Å². The fraction of sp³-hybridized carbons (Fsp3) is 1.00. The molecule has 3 nitrogen and oxygen atoms in total. The minimum Gasteiger partial charge on any atom is -0.312 e. The molecule has 0 aromatic carbocycles. The molecule has 0 aromatic heterocycles. The lowest BCUT2D eigenvalue weighted by Gasteiger charge is -2.45. The second kappa shape index (κ2) is 6.17. The molecule has 2 bridgehead atoms. The van der Waals surface area contributed by atoms with Gasteiger partial charge in [0.15, 0.2) is 0 Å². The quantitative estimate of drug-likeness (QED) is 0.707. The SMILES string of the molecule is CC(C)N(C)CCCNC1CN2CCC1CC2. The van der Waals surface area contributed by atoms with Crippen LogP contribution in [0.3, 0.4) is 0 Å². The first-order chi connectivity index (χ1) is 8.16. The zero-order valence-corrected chi connectivity index (χ0v) is 11.8. The largest absolute Gasteiger partial charge is 0.312 e. The molecule has 0 spiro atoms. The molecule has 0 radical (unpaired) electrons. The molecule has 3 saturated heterocycles. The zero-order chi connectivity index (χ0) is 12.3. The topological polar surface area (TPSA) is 18.5 Å². The van der Waals surface area contributed by atoms with E-state index in [1.165, 1.54) is 52.0 Å². The van der Waals surface area contributed by atoms with Crippen molar-refractivity contribution < 1.29 is 0 Å². The van der Waals surface area contributed by atoms with Gasteiger partial charge >= 0.3 is 0 Å². The molecule has 3 heterocycles. The lowest BCUT2D eigenvalue weighted by molar-refractivity contribution is 0.0723. The first-order valence-electron chi connectivity index (χ1n) is 7.33. The van der Waals surface area contributed by atoms with E-state index in [2.05, 4.69) is 36.0 Å². The Morgan fingerprint density at radius 2 is 2.00 bits per heavy atom. The average Bonchev–Trinajstić information content (AvgIpc) is 2.35. The Morgan fingerprint density at radius 1 is 1.29 bits per heavy atom. The molecule has 3 aliphatic rings. The number of hydrogen-bond acceptors (Lipinski definition) is 3. The molecule has 100 valence electrons. The highest BCUT2D eigenvalue weighted by atomic mass is 15.2. The molecular weight excluding hydrogens is 210 g/mol. The number of fused-ring (bicyclic) bond motifs is 3. The molecular formula is C14H29N3.